The second kappa shape index (κ2) is 6.73. The Morgan fingerprint density at radius 2 is 1.94 bits per heavy atom. The highest BCUT2D eigenvalue weighted by atomic mass is 35.5. The van der Waals surface area contributed by atoms with Crippen LogP contribution in [0, 0.1) is 0 Å². The topological polar surface area (TPSA) is 74.6 Å². The van der Waals surface area contributed by atoms with E-state index in [1.807, 2.05) is 0 Å². The Kier molecular flexibility index (Phi) is 5.59. The van der Waals surface area contributed by atoms with E-state index in [-0.39, 0.29) is 29.5 Å². The first-order chi connectivity index (χ1) is 8.49. The molecule has 0 saturated carbocycles. The number of aliphatic hydroxyl groups excluding tert-OH is 1. The molecule has 0 heterocycles. The van der Waals surface area contributed by atoms with Crippen LogP contribution in [0.1, 0.15) is 22.8 Å². The molecular weight excluding hydrogens is 279 g/mol. The van der Waals surface area contributed by atoms with Gasteiger partial charge in [-0.1, -0.05) is 18.2 Å². The number of Topliss-reactive ketones (excluding diaryl/α,β-unsaturated/α-hetero) is 1. The monoisotopic (exact) mass is 290 g/mol. The molecule has 0 radical (unpaired) electrons. The molecular formula is C12H12Cl2O4. The third kappa shape index (κ3) is 3.70. The number of ketones is 1. The molecule has 0 saturated heterocycles. The van der Waals surface area contributed by atoms with Gasteiger partial charge in [-0.05, 0) is 16.7 Å². The van der Waals surface area contributed by atoms with Crippen LogP contribution in [-0.2, 0) is 21.9 Å². The maximum absolute atomic E-state index is 11.3. The highest BCUT2D eigenvalue weighted by molar-refractivity contribution is 6.27. The average Bonchev–Trinajstić information content (AvgIpc) is 2.37. The molecule has 6 heteroatoms. The van der Waals surface area contributed by atoms with Crippen molar-refractivity contribution in [3.05, 3.63) is 34.9 Å². The molecule has 2 N–H and O–H groups in total. The van der Waals surface area contributed by atoms with Gasteiger partial charge in [-0.15, -0.1) is 23.2 Å². The Morgan fingerprint density at radius 3 is 2.44 bits per heavy atom. The van der Waals surface area contributed by atoms with Gasteiger partial charge in [-0.25, -0.2) is 4.79 Å². The van der Waals surface area contributed by atoms with Crippen molar-refractivity contribution in [2.75, 3.05) is 5.88 Å². The summed E-state index contributed by atoms with van der Waals surface area (Å²) in [6.45, 7) is 0. The highest BCUT2D eigenvalue weighted by Crippen LogP contribution is 2.22. The number of aliphatic carboxylic acids is 1. The largest absolute Gasteiger partial charge is 0.479 e. The summed E-state index contributed by atoms with van der Waals surface area (Å²) in [5.41, 5.74) is 1.37. The van der Waals surface area contributed by atoms with Gasteiger partial charge in [0.1, 0.15) is 0 Å². The molecule has 0 bridgehead atoms. The Bertz CT molecular complexity index is 459. The summed E-state index contributed by atoms with van der Waals surface area (Å²) in [6, 6.07) is 4.69. The van der Waals surface area contributed by atoms with Gasteiger partial charge < -0.3 is 10.2 Å². The van der Waals surface area contributed by atoms with E-state index in [9.17, 15) is 14.7 Å². The number of rotatable bonds is 6. The zero-order valence-corrected chi connectivity index (χ0v) is 10.9. The fourth-order valence-electron chi connectivity index (χ4n) is 1.55. The molecule has 1 rings (SSSR count). The minimum atomic E-state index is -1.66. The van der Waals surface area contributed by atoms with Crippen molar-refractivity contribution >= 4 is 35.0 Å². The predicted octanol–water partition coefficient (Wildman–Crippen LogP) is 1.89. The van der Waals surface area contributed by atoms with Gasteiger partial charge in [-0.3, -0.25) is 4.79 Å². The Morgan fingerprint density at radius 1 is 1.28 bits per heavy atom. The first-order valence-electron chi connectivity index (χ1n) is 5.15. The lowest BCUT2D eigenvalue weighted by molar-refractivity contribution is -0.147. The summed E-state index contributed by atoms with van der Waals surface area (Å²) >= 11 is 11.1. The number of carboxylic acids is 1. The SMILES string of the molecule is O=C(CCl)Cc1cc(CCl)ccc1C(O)C(=O)O. The highest BCUT2D eigenvalue weighted by Gasteiger charge is 2.20. The smallest absolute Gasteiger partial charge is 0.337 e. The van der Waals surface area contributed by atoms with Gasteiger partial charge >= 0.3 is 5.97 Å². The van der Waals surface area contributed by atoms with Gasteiger partial charge in [0, 0.05) is 12.3 Å². The molecule has 0 spiro atoms. The molecule has 0 aliphatic carbocycles. The van der Waals surface area contributed by atoms with E-state index in [0.717, 1.165) is 5.56 Å². The third-order valence-corrected chi connectivity index (χ3v) is 3.03. The molecule has 98 valence electrons. The van der Waals surface area contributed by atoms with Gasteiger partial charge in [0.2, 0.25) is 0 Å². The van der Waals surface area contributed by atoms with Crippen molar-refractivity contribution in [3.63, 3.8) is 0 Å². The van der Waals surface area contributed by atoms with E-state index in [2.05, 4.69) is 0 Å². The van der Waals surface area contributed by atoms with Gasteiger partial charge in [0.25, 0.3) is 0 Å². The lowest BCUT2D eigenvalue weighted by Gasteiger charge is -2.13. The van der Waals surface area contributed by atoms with Crippen LogP contribution in [0.5, 0.6) is 0 Å². The van der Waals surface area contributed by atoms with Crippen LogP contribution in [0.3, 0.4) is 0 Å². The van der Waals surface area contributed by atoms with E-state index >= 15 is 0 Å². The molecule has 1 atom stereocenters. The van der Waals surface area contributed by atoms with Gasteiger partial charge in [-0.2, -0.15) is 0 Å². The van der Waals surface area contributed by atoms with Crippen molar-refractivity contribution in [2.45, 2.75) is 18.4 Å². The van der Waals surface area contributed by atoms with Crippen molar-refractivity contribution in [1.29, 1.82) is 0 Å². The molecule has 0 aliphatic rings. The van der Waals surface area contributed by atoms with Crippen LogP contribution >= 0.6 is 23.2 Å². The van der Waals surface area contributed by atoms with Gasteiger partial charge in [0.05, 0.1) is 5.88 Å². The number of benzene rings is 1. The molecule has 1 unspecified atom stereocenters. The second-order valence-corrected chi connectivity index (χ2v) is 4.29. The molecule has 18 heavy (non-hydrogen) atoms. The summed E-state index contributed by atoms with van der Waals surface area (Å²) in [4.78, 5) is 22.1. The lowest BCUT2D eigenvalue weighted by atomic mass is 9.96. The Balaban J connectivity index is 3.15. The van der Waals surface area contributed by atoms with E-state index in [4.69, 9.17) is 28.3 Å². The number of aliphatic hydroxyl groups is 1. The van der Waals surface area contributed by atoms with E-state index in [1.54, 1.807) is 12.1 Å². The third-order valence-electron chi connectivity index (χ3n) is 2.43. The first kappa shape index (κ1) is 15.0. The van der Waals surface area contributed by atoms with E-state index in [0.29, 0.717) is 5.56 Å². The quantitative estimate of drug-likeness (QED) is 0.785. The second-order valence-electron chi connectivity index (χ2n) is 3.76. The first-order valence-corrected chi connectivity index (χ1v) is 6.22. The van der Waals surface area contributed by atoms with Crippen LogP contribution in [0.15, 0.2) is 18.2 Å². The summed E-state index contributed by atoms with van der Waals surface area (Å²) in [5, 5.41) is 18.3. The fraction of sp³-hybridized carbons (Fsp3) is 0.333. The summed E-state index contributed by atoms with van der Waals surface area (Å²) in [7, 11) is 0. The molecule has 4 nitrogen and oxygen atoms in total. The van der Waals surface area contributed by atoms with Crippen LogP contribution in [0.25, 0.3) is 0 Å². The van der Waals surface area contributed by atoms with Crippen LogP contribution < -0.4 is 0 Å². The van der Waals surface area contributed by atoms with E-state index in [1.165, 1.54) is 6.07 Å². The number of hydrogen-bond donors (Lipinski definition) is 2. The molecule has 0 amide bonds. The molecule has 0 fully saturated rings. The zero-order valence-electron chi connectivity index (χ0n) is 9.40. The minimum absolute atomic E-state index is 0.0199. The van der Waals surface area contributed by atoms with Crippen molar-refractivity contribution < 1.29 is 19.8 Å². The number of carboxylic acid groups (broad SMARTS) is 1. The predicted molar refractivity (Wildman–Crippen MR) is 68.0 cm³/mol. The van der Waals surface area contributed by atoms with Crippen molar-refractivity contribution in [3.8, 4) is 0 Å². The summed E-state index contributed by atoms with van der Waals surface area (Å²) in [5.74, 6) is -1.53. The minimum Gasteiger partial charge on any atom is -0.479 e. The number of carbonyl (C=O) groups is 2. The van der Waals surface area contributed by atoms with Crippen LogP contribution in [0.4, 0.5) is 0 Å². The number of hydrogen-bond acceptors (Lipinski definition) is 3. The molecule has 0 aromatic heterocycles. The normalized spacial score (nSPS) is 12.2. The van der Waals surface area contributed by atoms with E-state index < -0.39 is 12.1 Å². The number of carbonyl (C=O) groups excluding carboxylic acids is 1. The molecule has 0 aliphatic heterocycles. The number of halogens is 2. The van der Waals surface area contributed by atoms with Crippen molar-refractivity contribution in [1.82, 2.24) is 0 Å². The molecule has 1 aromatic carbocycles. The molecule has 1 aromatic rings. The zero-order chi connectivity index (χ0) is 13.7. The number of alkyl halides is 2. The summed E-state index contributed by atoms with van der Waals surface area (Å²) < 4.78 is 0. The van der Waals surface area contributed by atoms with Crippen LogP contribution in [-0.4, -0.2) is 27.8 Å². The van der Waals surface area contributed by atoms with Crippen LogP contribution in [0.2, 0.25) is 0 Å². The Labute approximate surface area is 114 Å². The average molecular weight is 291 g/mol. The van der Waals surface area contributed by atoms with Crippen molar-refractivity contribution in [2.24, 2.45) is 0 Å². The standard InChI is InChI=1S/C12H12Cl2O4/c13-5-7-1-2-10(11(16)12(17)18)8(3-7)4-9(15)6-14/h1-3,11,16H,4-6H2,(H,17,18). The Hall–Kier alpha value is -1.10. The fourth-order valence-corrected chi connectivity index (χ4v) is 1.82. The maximum atomic E-state index is 11.3. The lowest BCUT2D eigenvalue weighted by Crippen LogP contribution is -2.15. The summed E-state index contributed by atoms with van der Waals surface area (Å²) in [6.07, 6.45) is -1.68. The maximum Gasteiger partial charge on any atom is 0.337 e. The van der Waals surface area contributed by atoms with Gasteiger partial charge in [0.15, 0.2) is 11.9 Å².